The molecule has 0 aliphatic carbocycles. The lowest BCUT2D eigenvalue weighted by atomic mass is 10.2. The number of benzene rings is 1. The van der Waals surface area contributed by atoms with Gasteiger partial charge in [0.15, 0.2) is 0 Å². The molecule has 0 aliphatic heterocycles. The lowest BCUT2D eigenvalue weighted by Gasteiger charge is -1.98. The molecule has 0 unspecified atom stereocenters. The van der Waals surface area contributed by atoms with Crippen LogP contribution in [-0.4, -0.2) is 23.8 Å². The number of nitrogens with one attached hydrogen (secondary N) is 1. The highest BCUT2D eigenvalue weighted by Gasteiger charge is 2.09. The quantitative estimate of drug-likeness (QED) is 0.642. The predicted molar refractivity (Wildman–Crippen MR) is 79.7 cm³/mol. The summed E-state index contributed by atoms with van der Waals surface area (Å²) in [5.74, 6) is 1.18. The Hall–Kier alpha value is -0.660. The van der Waals surface area contributed by atoms with Gasteiger partial charge in [-0.15, -0.1) is 10.2 Å². The summed E-state index contributed by atoms with van der Waals surface area (Å²) in [6, 6.07) is 5.70. The molecule has 0 fully saturated rings. The summed E-state index contributed by atoms with van der Waals surface area (Å²) in [6.07, 6.45) is 1.76. The lowest BCUT2D eigenvalue weighted by molar-refractivity contribution is 0.495. The number of hydrogen-bond acceptors (Lipinski definition) is 4. The molecule has 1 aromatic heterocycles. The van der Waals surface area contributed by atoms with E-state index < -0.39 is 0 Å². The van der Waals surface area contributed by atoms with Gasteiger partial charge in [0.2, 0.25) is 11.8 Å². The van der Waals surface area contributed by atoms with Crippen LogP contribution < -0.4 is 5.32 Å². The molecule has 1 aromatic carbocycles. The van der Waals surface area contributed by atoms with Crippen molar-refractivity contribution in [1.29, 1.82) is 0 Å². The van der Waals surface area contributed by atoms with Crippen LogP contribution in [0.3, 0.4) is 0 Å². The van der Waals surface area contributed by atoms with E-state index in [1.54, 1.807) is 0 Å². The Morgan fingerprint density at radius 3 is 2.94 bits per heavy atom. The van der Waals surface area contributed by atoms with E-state index in [1.807, 2.05) is 25.2 Å². The van der Waals surface area contributed by atoms with Crippen molar-refractivity contribution in [1.82, 2.24) is 15.5 Å². The second-order valence-corrected chi connectivity index (χ2v) is 5.41. The highest BCUT2D eigenvalue weighted by atomic mass is 127. The Balaban J connectivity index is 2.11. The third kappa shape index (κ3) is 3.43. The SMILES string of the molecule is CNCCCc1nnc(-c2ccc(I)c(Cl)c2)o1. The van der Waals surface area contributed by atoms with Crippen molar-refractivity contribution in [3.63, 3.8) is 0 Å². The van der Waals surface area contributed by atoms with Crippen molar-refractivity contribution >= 4 is 34.2 Å². The number of rotatable bonds is 5. The van der Waals surface area contributed by atoms with E-state index in [0.29, 0.717) is 16.8 Å². The van der Waals surface area contributed by atoms with Crippen molar-refractivity contribution in [2.45, 2.75) is 12.8 Å². The van der Waals surface area contributed by atoms with Gasteiger partial charge in [0, 0.05) is 15.6 Å². The monoisotopic (exact) mass is 377 g/mol. The fourth-order valence-corrected chi connectivity index (χ4v) is 2.03. The molecule has 0 bridgehead atoms. The van der Waals surface area contributed by atoms with Gasteiger partial charge in [0.25, 0.3) is 0 Å². The van der Waals surface area contributed by atoms with Gasteiger partial charge in [-0.3, -0.25) is 0 Å². The molecule has 0 spiro atoms. The minimum Gasteiger partial charge on any atom is -0.421 e. The van der Waals surface area contributed by atoms with Crippen LogP contribution in [0.15, 0.2) is 22.6 Å². The highest BCUT2D eigenvalue weighted by Crippen LogP contribution is 2.25. The Morgan fingerprint density at radius 2 is 2.22 bits per heavy atom. The number of nitrogens with zero attached hydrogens (tertiary/aromatic N) is 2. The minimum atomic E-state index is 0.521. The zero-order valence-electron chi connectivity index (χ0n) is 9.91. The molecular weight excluding hydrogens is 365 g/mol. The van der Waals surface area contributed by atoms with Crippen molar-refractivity contribution in [3.8, 4) is 11.5 Å². The predicted octanol–water partition coefficient (Wildman–Crippen LogP) is 3.15. The van der Waals surface area contributed by atoms with Crippen LogP contribution >= 0.6 is 34.2 Å². The average molecular weight is 378 g/mol. The summed E-state index contributed by atoms with van der Waals surface area (Å²) in [7, 11) is 1.92. The molecule has 0 radical (unpaired) electrons. The Labute approximate surface area is 124 Å². The van der Waals surface area contributed by atoms with Gasteiger partial charge in [0.1, 0.15) is 0 Å². The van der Waals surface area contributed by atoms with E-state index in [1.165, 1.54) is 0 Å². The van der Waals surface area contributed by atoms with Gasteiger partial charge >= 0.3 is 0 Å². The molecule has 1 heterocycles. The Bertz CT molecular complexity index is 530. The number of aromatic nitrogens is 2. The molecule has 4 nitrogen and oxygen atoms in total. The second-order valence-electron chi connectivity index (χ2n) is 3.84. The molecule has 18 heavy (non-hydrogen) atoms. The van der Waals surface area contributed by atoms with Crippen LogP contribution in [-0.2, 0) is 6.42 Å². The average Bonchev–Trinajstić information content (AvgIpc) is 2.82. The van der Waals surface area contributed by atoms with E-state index in [4.69, 9.17) is 16.0 Å². The zero-order chi connectivity index (χ0) is 13.0. The zero-order valence-corrected chi connectivity index (χ0v) is 12.8. The fraction of sp³-hybridized carbons (Fsp3) is 0.333. The van der Waals surface area contributed by atoms with Crippen LogP contribution in [0, 0.1) is 3.57 Å². The summed E-state index contributed by atoms with van der Waals surface area (Å²) < 4.78 is 6.61. The van der Waals surface area contributed by atoms with Gasteiger partial charge in [-0.1, -0.05) is 11.6 Å². The third-order valence-electron chi connectivity index (χ3n) is 2.45. The molecule has 0 atom stereocenters. The molecule has 2 aromatic rings. The Morgan fingerprint density at radius 1 is 1.39 bits per heavy atom. The first kappa shape index (κ1) is 13.8. The number of hydrogen-bond donors (Lipinski definition) is 1. The van der Waals surface area contributed by atoms with Gasteiger partial charge < -0.3 is 9.73 Å². The summed E-state index contributed by atoms with van der Waals surface area (Å²) in [5, 5.41) is 11.8. The van der Waals surface area contributed by atoms with Crippen molar-refractivity contribution in [2.24, 2.45) is 0 Å². The van der Waals surface area contributed by atoms with Crippen LogP contribution in [0.25, 0.3) is 11.5 Å². The maximum Gasteiger partial charge on any atom is 0.247 e. The number of aryl methyl sites for hydroxylation is 1. The van der Waals surface area contributed by atoms with E-state index >= 15 is 0 Å². The first-order valence-corrected chi connectivity index (χ1v) is 7.09. The lowest BCUT2D eigenvalue weighted by Crippen LogP contribution is -2.08. The maximum atomic E-state index is 6.07. The summed E-state index contributed by atoms with van der Waals surface area (Å²) >= 11 is 8.25. The fourth-order valence-electron chi connectivity index (χ4n) is 1.52. The standard InChI is InChI=1S/C12H13ClIN3O/c1-15-6-2-3-11-16-17-12(18-11)8-4-5-10(14)9(13)7-8/h4-5,7,15H,2-3,6H2,1H3. The molecule has 0 aliphatic rings. The van der Waals surface area contributed by atoms with E-state index in [9.17, 15) is 0 Å². The normalized spacial score (nSPS) is 10.8. The van der Waals surface area contributed by atoms with E-state index in [0.717, 1.165) is 28.5 Å². The van der Waals surface area contributed by atoms with E-state index in [-0.39, 0.29) is 0 Å². The third-order valence-corrected chi connectivity index (χ3v) is 4.02. The molecule has 96 valence electrons. The molecule has 0 saturated heterocycles. The van der Waals surface area contributed by atoms with Crippen LogP contribution in [0.2, 0.25) is 5.02 Å². The van der Waals surface area contributed by atoms with E-state index in [2.05, 4.69) is 38.1 Å². The molecule has 6 heteroatoms. The largest absolute Gasteiger partial charge is 0.421 e. The van der Waals surface area contributed by atoms with Crippen LogP contribution in [0.5, 0.6) is 0 Å². The molecule has 2 rings (SSSR count). The van der Waals surface area contributed by atoms with Crippen LogP contribution in [0.4, 0.5) is 0 Å². The topological polar surface area (TPSA) is 51.0 Å². The maximum absolute atomic E-state index is 6.07. The van der Waals surface area contributed by atoms with Crippen molar-refractivity contribution < 1.29 is 4.42 Å². The van der Waals surface area contributed by atoms with Gasteiger partial charge in [0.05, 0.1) is 5.02 Å². The second kappa shape index (κ2) is 6.49. The molecular formula is C12H13ClIN3O. The van der Waals surface area contributed by atoms with Gasteiger partial charge in [-0.25, -0.2) is 0 Å². The Kier molecular flexibility index (Phi) is 4.96. The summed E-state index contributed by atoms with van der Waals surface area (Å²) in [6.45, 7) is 0.938. The number of halogens is 2. The van der Waals surface area contributed by atoms with Crippen molar-refractivity contribution in [3.05, 3.63) is 32.7 Å². The minimum absolute atomic E-state index is 0.521. The first-order chi connectivity index (χ1) is 8.70. The summed E-state index contributed by atoms with van der Waals surface area (Å²) in [4.78, 5) is 0. The van der Waals surface area contributed by atoms with Crippen LogP contribution in [0.1, 0.15) is 12.3 Å². The van der Waals surface area contributed by atoms with Gasteiger partial charge in [-0.2, -0.15) is 0 Å². The molecule has 0 saturated carbocycles. The smallest absolute Gasteiger partial charge is 0.247 e. The van der Waals surface area contributed by atoms with Crippen molar-refractivity contribution in [2.75, 3.05) is 13.6 Å². The highest BCUT2D eigenvalue weighted by molar-refractivity contribution is 14.1. The van der Waals surface area contributed by atoms with Gasteiger partial charge in [-0.05, 0) is 60.8 Å². The summed E-state index contributed by atoms with van der Waals surface area (Å²) in [5.41, 5.74) is 0.854. The molecule has 1 N–H and O–H groups in total. The first-order valence-electron chi connectivity index (χ1n) is 5.63. The molecule has 0 amide bonds.